The number of benzene rings is 1. The molecule has 0 heterocycles. The van der Waals surface area contributed by atoms with Crippen molar-refractivity contribution in [2.24, 2.45) is 0 Å². The van der Waals surface area contributed by atoms with Gasteiger partial charge in [0.2, 0.25) is 0 Å². The highest BCUT2D eigenvalue weighted by atomic mass is 35.5. The van der Waals surface area contributed by atoms with Gasteiger partial charge in [-0.2, -0.15) is 0 Å². The van der Waals surface area contributed by atoms with Crippen LogP contribution in [0.2, 0.25) is 5.02 Å². The van der Waals surface area contributed by atoms with Crippen molar-refractivity contribution in [3.05, 3.63) is 33.3 Å². The van der Waals surface area contributed by atoms with Crippen LogP contribution >= 0.6 is 23.8 Å². The Balaban J connectivity index is 2.04. The average molecular weight is 272 g/mol. The summed E-state index contributed by atoms with van der Waals surface area (Å²) in [6.45, 7) is 0. The third-order valence-electron chi connectivity index (χ3n) is 2.32. The van der Waals surface area contributed by atoms with Gasteiger partial charge in [0, 0.05) is 18.2 Å². The molecule has 0 saturated heterocycles. The van der Waals surface area contributed by atoms with Crippen molar-refractivity contribution in [1.29, 1.82) is 0 Å². The van der Waals surface area contributed by atoms with Gasteiger partial charge in [-0.1, -0.05) is 11.6 Å². The number of thiocarbonyl (C=S) groups is 1. The van der Waals surface area contributed by atoms with E-state index in [1.165, 1.54) is 12.1 Å². The lowest BCUT2D eigenvalue weighted by Gasteiger charge is -2.10. The van der Waals surface area contributed by atoms with Gasteiger partial charge in [0.15, 0.2) is 5.11 Å². The van der Waals surface area contributed by atoms with E-state index in [0.29, 0.717) is 16.8 Å². The van der Waals surface area contributed by atoms with Crippen LogP contribution in [0, 0.1) is 10.1 Å². The summed E-state index contributed by atoms with van der Waals surface area (Å²) in [6.07, 6.45) is 2.24. The van der Waals surface area contributed by atoms with Crippen molar-refractivity contribution < 1.29 is 4.92 Å². The fourth-order valence-corrected chi connectivity index (χ4v) is 1.79. The minimum Gasteiger partial charge on any atom is -0.360 e. The number of hydrogen-bond acceptors (Lipinski definition) is 3. The third-order valence-corrected chi connectivity index (χ3v) is 2.86. The Hall–Kier alpha value is -1.40. The van der Waals surface area contributed by atoms with Crippen LogP contribution < -0.4 is 10.6 Å². The highest BCUT2D eigenvalue weighted by molar-refractivity contribution is 7.80. The van der Waals surface area contributed by atoms with E-state index in [9.17, 15) is 10.1 Å². The molecule has 1 aliphatic rings. The summed E-state index contributed by atoms with van der Waals surface area (Å²) in [4.78, 5) is 10.0. The van der Waals surface area contributed by atoms with E-state index < -0.39 is 4.92 Å². The molecule has 1 aliphatic carbocycles. The van der Waals surface area contributed by atoms with E-state index in [0.717, 1.165) is 12.8 Å². The van der Waals surface area contributed by atoms with Crippen LogP contribution in [-0.2, 0) is 0 Å². The van der Waals surface area contributed by atoms with E-state index >= 15 is 0 Å². The molecule has 2 rings (SSSR count). The van der Waals surface area contributed by atoms with Crippen LogP contribution in [0.1, 0.15) is 12.8 Å². The molecule has 1 aromatic rings. The Morgan fingerprint density at radius 2 is 2.24 bits per heavy atom. The minimum atomic E-state index is -0.490. The maximum atomic E-state index is 10.5. The van der Waals surface area contributed by atoms with Crippen LogP contribution in [0.3, 0.4) is 0 Å². The number of nitrogens with one attached hydrogen (secondary N) is 2. The number of hydrogen-bond donors (Lipinski definition) is 2. The van der Waals surface area contributed by atoms with Gasteiger partial charge in [-0.3, -0.25) is 10.1 Å². The molecule has 0 aliphatic heterocycles. The van der Waals surface area contributed by atoms with Crippen molar-refractivity contribution in [3.8, 4) is 0 Å². The molecular formula is C10H10ClN3O2S. The Labute approximate surface area is 108 Å². The Morgan fingerprint density at radius 1 is 1.53 bits per heavy atom. The van der Waals surface area contributed by atoms with Crippen LogP contribution in [0.5, 0.6) is 0 Å². The Kier molecular flexibility index (Phi) is 3.44. The molecule has 0 radical (unpaired) electrons. The largest absolute Gasteiger partial charge is 0.360 e. The number of halogens is 1. The summed E-state index contributed by atoms with van der Waals surface area (Å²) >= 11 is 11.0. The molecule has 0 bridgehead atoms. The average Bonchev–Trinajstić information content (AvgIpc) is 3.04. The van der Waals surface area contributed by atoms with Crippen LogP contribution in [0.25, 0.3) is 0 Å². The summed E-state index contributed by atoms with van der Waals surface area (Å²) in [5, 5.41) is 17.3. The first-order valence-corrected chi connectivity index (χ1v) is 5.86. The molecular weight excluding hydrogens is 262 g/mol. The first-order valence-electron chi connectivity index (χ1n) is 5.08. The Bertz CT molecular complexity index is 477. The lowest BCUT2D eigenvalue weighted by molar-refractivity contribution is -0.384. The minimum absolute atomic E-state index is 0.0402. The molecule has 17 heavy (non-hydrogen) atoms. The van der Waals surface area contributed by atoms with E-state index in [1.807, 2.05) is 0 Å². The smallest absolute Gasteiger partial charge is 0.271 e. The predicted molar refractivity (Wildman–Crippen MR) is 70.5 cm³/mol. The summed E-state index contributed by atoms with van der Waals surface area (Å²) in [5.41, 5.74) is 0.525. The van der Waals surface area contributed by atoms with Crippen molar-refractivity contribution in [2.75, 3.05) is 5.32 Å². The molecule has 1 fully saturated rings. The summed E-state index contributed by atoms with van der Waals surface area (Å²) in [6, 6.07) is 4.67. The predicted octanol–water partition coefficient (Wildman–Crippen LogP) is 2.70. The van der Waals surface area contributed by atoms with Gasteiger partial charge in [0.05, 0.1) is 15.6 Å². The van der Waals surface area contributed by atoms with E-state index in [-0.39, 0.29) is 10.7 Å². The Morgan fingerprint density at radius 3 is 2.76 bits per heavy atom. The lowest BCUT2D eigenvalue weighted by Crippen LogP contribution is -2.30. The molecule has 90 valence electrons. The highest BCUT2D eigenvalue weighted by Crippen LogP contribution is 2.27. The lowest BCUT2D eigenvalue weighted by atomic mass is 10.3. The molecule has 0 aromatic heterocycles. The molecule has 0 unspecified atom stereocenters. The number of nitrogens with zero attached hydrogens (tertiary/aromatic N) is 1. The number of rotatable bonds is 3. The van der Waals surface area contributed by atoms with Gasteiger partial charge in [-0.15, -0.1) is 0 Å². The standard InChI is InChI=1S/C10H10ClN3O2S/c11-8-5-7(14(15)16)3-4-9(8)13-10(17)12-6-1-2-6/h3-6H,1-2H2,(H2,12,13,17). The number of nitro groups is 1. The van der Waals surface area contributed by atoms with Gasteiger partial charge in [0.25, 0.3) is 5.69 Å². The third kappa shape index (κ3) is 3.28. The van der Waals surface area contributed by atoms with Crippen molar-refractivity contribution in [3.63, 3.8) is 0 Å². The molecule has 7 heteroatoms. The van der Waals surface area contributed by atoms with Crippen LogP contribution in [0.15, 0.2) is 18.2 Å². The highest BCUT2D eigenvalue weighted by Gasteiger charge is 2.22. The summed E-state index contributed by atoms with van der Waals surface area (Å²) in [7, 11) is 0. The van der Waals surface area contributed by atoms with Crippen molar-refractivity contribution in [2.45, 2.75) is 18.9 Å². The number of nitro benzene ring substituents is 1. The second kappa shape index (κ2) is 4.85. The van der Waals surface area contributed by atoms with Crippen molar-refractivity contribution in [1.82, 2.24) is 5.32 Å². The van der Waals surface area contributed by atoms with Gasteiger partial charge in [-0.25, -0.2) is 0 Å². The van der Waals surface area contributed by atoms with Crippen molar-refractivity contribution >= 4 is 40.3 Å². The number of non-ortho nitro benzene ring substituents is 1. The van der Waals surface area contributed by atoms with E-state index in [2.05, 4.69) is 10.6 Å². The first-order chi connectivity index (χ1) is 8.06. The van der Waals surface area contributed by atoms with E-state index in [4.69, 9.17) is 23.8 Å². The molecule has 0 spiro atoms. The van der Waals surface area contributed by atoms with Gasteiger partial charge >= 0.3 is 0 Å². The maximum Gasteiger partial charge on any atom is 0.271 e. The molecule has 1 saturated carbocycles. The zero-order chi connectivity index (χ0) is 12.4. The van der Waals surface area contributed by atoms with Crippen LogP contribution in [0.4, 0.5) is 11.4 Å². The zero-order valence-corrected chi connectivity index (χ0v) is 10.3. The second-order valence-electron chi connectivity index (χ2n) is 3.79. The summed E-state index contributed by atoms with van der Waals surface area (Å²) in [5.74, 6) is 0. The maximum absolute atomic E-state index is 10.5. The quantitative estimate of drug-likeness (QED) is 0.503. The van der Waals surface area contributed by atoms with Gasteiger partial charge in [0.1, 0.15) is 0 Å². The fraction of sp³-hybridized carbons (Fsp3) is 0.300. The zero-order valence-electron chi connectivity index (χ0n) is 8.77. The fourth-order valence-electron chi connectivity index (χ4n) is 1.29. The topological polar surface area (TPSA) is 67.2 Å². The first kappa shape index (κ1) is 12.1. The normalized spacial score (nSPS) is 14.2. The molecule has 1 aromatic carbocycles. The van der Waals surface area contributed by atoms with E-state index in [1.54, 1.807) is 6.07 Å². The second-order valence-corrected chi connectivity index (χ2v) is 4.61. The van der Waals surface area contributed by atoms with Gasteiger partial charge in [-0.05, 0) is 31.1 Å². The molecule has 0 amide bonds. The number of anilines is 1. The van der Waals surface area contributed by atoms with Crippen LogP contribution in [-0.4, -0.2) is 16.1 Å². The van der Waals surface area contributed by atoms with Gasteiger partial charge < -0.3 is 10.6 Å². The SMILES string of the molecule is O=[N+]([O-])c1ccc(NC(=S)NC2CC2)c(Cl)c1. The molecule has 0 atom stereocenters. The monoisotopic (exact) mass is 271 g/mol. The molecule has 5 nitrogen and oxygen atoms in total. The molecule has 2 N–H and O–H groups in total. The summed E-state index contributed by atoms with van der Waals surface area (Å²) < 4.78 is 0.